The van der Waals surface area contributed by atoms with Gasteiger partial charge in [0, 0.05) is 27.1 Å². The van der Waals surface area contributed by atoms with Crippen molar-refractivity contribution in [1.29, 1.82) is 0 Å². The fraction of sp³-hybridized carbons (Fsp3) is 0.133. The molecule has 0 radical (unpaired) electrons. The number of aryl methyl sites for hydroxylation is 2. The summed E-state index contributed by atoms with van der Waals surface area (Å²) < 4.78 is 0. The maximum Gasteiger partial charge on any atom is 0.323 e. The molecule has 4 nitrogen and oxygen atoms in total. The Labute approximate surface area is 133 Å². The molecule has 0 saturated carbocycles. The number of halogens is 2. The molecule has 0 saturated heterocycles. The highest BCUT2D eigenvalue weighted by atomic mass is 35.5. The maximum atomic E-state index is 12.0. The normalized spacial score (nSPS) is 10.3. The number of nitrogens with two attached hydrogens (primary N) is 1. The smallest absolute Gasteiger partial charge is 0.323 e. The summed E-state index contributed by atoms with van der Waals surface area (Å²) in [5.41, 5.74) is 9.53. The number of nitrogen functional groups attached to an aromatic ring is 1. The van der Waals surface area contributed by atoms with Gasteiger partial charge < -0.3 is 16.4 Å². The largest absolute Gasteiger partial charge is 0.399 e. The lowest BCUT2D eigenvalue weighted by molar-refractivity contribution is 0.262. The summed E-state index contributed by atoms with van der Waals surface area (Å²) >= 11 is 11.8. The second kappa shape index (κ2) is 6.24. The lowest BCUT2D eigenvalue weighted by Gasteiger charge is -2.12. The van der Waals surface area contributed by atoms with E-state index in [9.17, 15) is 4.79 Å². The van der Waals surface area contributed by atoms with Gasteiger partial charge in [0.25, 0.3) is 0 Å². The molecule has 0 spiro atoms. The lowest BCUT2D eigenvalue weighted by Crippen LogP contribution is -2.20. The number of amides is 2. The van der Waals surface area contributed by atoms with Crippen molar-refractivity contribution in [3.05, 3.63) is 51.5 Å². The third-order valence-electron chi connectivity index (χ3n) is 2.98. The van der Waals surface area contributed by atoms with Crippen LogP contribution in [0, 0.1) is 13.8 Å². The molecule has 0 heterocycles. The minimum atomic E-state index is -0.374. The average molecular weight is 324 g/mol. The summed E-state index contributed by atoms with van der Waals surface area (Å²) in [4.78, 5) is 12.0. The van der Waals surface area contributed by atoms with Gasteiger partial charge in [-0.2, -0.15) is 0 Å². The van der Waals surface area contributed by atoms with Gasteiger partial charge in [-0.1, -0.05) is 23.2 Å². The van der Waals surface area contributed by atoms with Gasteiger partial charge in [0.05, 0.1) is 0 Å². The van der Waals surface area contributed by atoms with Gasteiger partial charge in [-0.25, -0.2) is 4.79 Å². The first-order valence-electron chi connectivity index (χ1n) is 6.26. The highest BCUT2D eigenvalue weighted by molar-refractivity contribution is 6.35. The van der Waals surface area contributed by atoms with E-state index in [2.05, 4.69) is 10.6 Å². The molecule has 110 valence electrons. The van der Waals surface area contributed by atoms with Crippen LogP contribution in [0.25, 0.3) is 0 Å². The van der Waals surface area contributed by atoms with E-state index in [1.54, 1.807) is 18.2 Å². The Morgan fingerprint density at radius 1 is 0.952 bits per heavy atom. The van der Waals surface area contributed by atoms with E-state index >= 15 is 0 Å². The third-order valence-corrected chi connectivity index (χ3v) is 3.42. The Kier molecular flexibility index (Phi) is 4.60. The molecule has 2 aromatic rings. The van der Waals surface area contributed by atoms with Crippen molar-refractivity contribution >= 4 is 46.3 Å². The molecular formula is C15H15Cl2N3O. The predicted octanol–water partition coefficient (Wildman–Crippen LogP) is 4.84. The van der Waals surface area contributed by atoms with Crippen molar-refractivity contribution < 1.29 is 4.79 Å². The molecule has 2 amide bonds. The Bertz CT molecular complexity index is 681. The predicted molar refractivity (Wildman–Crippen MR) is 89.4 cm³/mol. The summed E-state index contributed by atoms with van der Waals surface area (Å²) in [5, 5.41) is 6.37. The summed E-state index contributed by atoms with van der Waals surface area (Å²) in [6.45, 7) is 3.76. The van der Waals surface area contributed by atoms with Gasteiger partial charge in [-0.15, -0.1) is 0 Å². The Hall–Kier alpha value is -1.91. The Morgan fingerprint density at radius 3 is 2.19 bits per heavy atom. The van der Waals surface area contributed by atoms with Crippen molar-refractivity contribution in [3.63, 3.8) is 0 Å². The van der Waals surface area contributed by atoms with Crippen LogP contribution in [0.5, 0.6) is 0 Å². The molecule has 0 unspecified atom stereocenters. The van der Waals surface area contributed by atoms with Crippen LogP contribution < -0.4 is 16.4 Å². The second-order valence-corrected chi connectivity index (χ2v) is 5.63. The van der Waals surface area contributed by atoms with E-state index in [4.69, 9.17) is 28.9 Å². The number of hydrogen-bond acceptors (Lipinski definition) is 2. The van der Waals surface area contributed by atoms with Crippen LogP contribution in [0.3, 0.4) is 0 Å². The topological polar surface area (TPSA) is 67.2 Å². The third kappa shape index (κ3) is 4.03. The summed E-state index contributed by atoms with van der Waals surface area (Å²) in [6.07, 6.45) is 0. The molecule has 0 aliphatic rings. The zero-order valence-corrected chi connectivity index (χ0v) is 13.1. The summed E-state index contributed by atoms with van der Waals surface area (Å²) in [7, 11) is 0. The van der Waals surface area contributed by atoms with Crippen LogP contribution in [-0.2, 0) is 0 Å². The zero-order valence-electron chi connectivity index (χ0n) is 11.6. The Balaban J connectivity index is 2.13. The maximum absolute atomic E-state index is 12.0. The van der Waals surface area contributed by atoms with Gasteiger partial charge >= 0.3 is 6.03 Å². The molecule has 2 aromatic carbocycles. The van der Waals surface area contributed by atoms with E-state index < -0.39 is 0 Å². The van der Waals surface area contributed by atoms with Crippen LogP contribution >= 0.6 is 23.2 Å². The van der Waals surface area contributed by atoms with Crippen LogP contribution in [0.2, 0.25) is 10.0 Å². The fourth-order valence-electron chi connectivity index (χ4n) is 1.88. The summed E-state index contributed by atoms with van der Waals surface area (Å²) in [6, 6.07) is 8.11. The first-order chi connectivity index (χ1) is 9.85. The number of carbonyl (C=O) groups excluding carboxylic acids is 1. The van der Waals surface area contributed by atoms with E-state index in [0.717, 1.165) is 11.1 Å². The van der Waals surface area contributed by atoms with Crippen LogP contribution in [0.1, 0.15) is 11.1 Å². The molecule has 0 bridgehead atoms. The average Bonchev–Trinajstić information content (AvgIpc) is 2.34. The van der Waals surface area contributed by atoms with Crippen molar-refractivity contribution in [2.24, 2.45) is 0 Å². The molecule has 2 rings (SSSR count). The van der Waals surface area contributed by atoms with Crippen LogP contribution in [0.15, 0.2) is 30.3 Å². The number of nitrogens with one attached hydrogen (secondary N) is 2. The first kappa shape index (κ1) is 15.5. The number of hydrogen-bond donors (Lipinski definition) is 3. The molecule has 6 heteroatoms. The molecule has 0 aromatic heterocycles. The standard InChI is InChI=1S/C15H15Cl2N3O/c1-8-4-14(9(2)3-13(8)18)20-15(21)19-12-6-10(16)5-11(17)7-12/h3-7H,18H2,1-2H3,(H2,19,20,21). The monoisotopic (exact) mass is 323 g/mol. The highest BCUT2D eigenvalue weighted by Gasteiger charge is 2.08. The van der Waals surface area contributed by atoms with Crippen LogP contribution in [0.4, 0.5) is 21.9 Å². The number of urea groups is 1. The first-order valence-corrected chi connectivity index (χ1v) is 7.01. The Morgan fingerprint density at radius 2 is 1.57 bits per heavy atom. The number of rotatable bonds is 2. The quantitative estimate of drug-likeness (QED) is 0.692. The SMILES string of the molecule is Cc1cc(NC(=O)Nc2cc(Cl)cc(Cl)c2)c(C)cc1N. The molecule has 4 N–H and O–H groups in total. The van der Waals surface area contributed by atoms with Gasteiger partial charge in [-0.05, 0) is 55.3 Å². The van der Waals surface area contributed by atoms with Gasteiger partial charge in [0.1, 0.15) is 0 Å². The molecule has 0 atom stereocenters. The van der Waals surface area contributed by atoms with Gasteiger partial charge in [-0.3, -0.25) is 0 Å². The number of carbonyl (C=O) groups is 1. The highest BCUT2D eigenvalue weighted by Crippen LogP contribution is 2.24. The minimum absolute atomic E-state index is 0.374. The van der Waals surface area contributed by atoms with E-state index in [-0.39, 0.29) is 6.03 Å². The zero-order chi connectivity index (χ0) is 15.6. The van der Waals surface area contributed by atoms with Gasteiger partial charge in [0.15, 0.2) is 0 Å². The molecular weight excluding hydrogens is 309 g/mol. The van der Waals surface area contributed by atoms with Crippen molar-refractivity contribution in [3.8, 4) is 0 Å². The van der Waals surface area contributed by atoms with E-state index in [1.165, 1.54) is 0 Å². The van der Waals surface area contributed by atoms with Gasteiger partial charge in [0.2, 0.25) is 0 Å². The van der Waals surface area contributed by atoms with Crippen molar-refractivity contribution in [1.82, 2.24) is 0 Å². The minimum Gasteiger partial charge on any atom is -0.399 e. The van der Waals surface area contributed by atoms with Crippen molar-refractivity contribution in [2.75, 3.05) is 16.4 Å². The van der Waals surface area contributed by atoms with E-state index in [0.29, 0.717) is 27.1 Å². The second-order valence-electron chi connectivity index (χ2n) is 4.76. The summed E-state index contributed by atoms with van der Waals surface area (Å²) in [5.74, 6) is 0. The molecule has 21 heavy (non-hydrogen) atoms. The molecule has 0 aliphatic carbocycles. The number of benzene rings is 2. The lowest BCUT2D eigenvalue weighted by atomic mass is 10.1. The van der Waals surface area contributed by atoms with E-state index in [1.807, 2.05) is 26.0 Å². The van der Waals surface area contributed by atoms with Crippen LogP contribution in [-0.4, -0.2) is 6.03 Å². The fourth-order valence-corrected chi connectivity index (χ4v) is 2.41. The van der Waals surface area contributed by atoms with Crippen molar-refractivity contribution in [2.45, 2.75) is 13.8 Å². The number of anilines is 3. The molecule has 0 aliphatic heterocycles. The molecule has 0 fully saturated rings.